The first-order valence-electron chi connectivity index (χ1n) is 28.1. The Hall–Kier alpha value is -1.86. The van der Waals surface area contributed by atoms with Gasteiger partial charge in [-0.15, -0.1) is 0 Å². The van der Waals surface area contributed by atoms with Crippen molar-refractivity contribution in [3.05, 3.63) is 24.3 Å². The normalized spacial score (nSPS) is 20.1. The van der Waals surface area contributed by atoms with Crippen LogP contribution in [0.4, 0.5) is 0 Å². The minimum atomic E-state index is -1.61. The van der Waals surface area contributed by atoms with Crippen LogP contribution in [0.1, 0.15) is 258 Å². The molecule has 0 saturated carbocycles. The molecule has 67 heavy (non-hydrogen) atoms. The number of unbranched alkanes of at least 4 members (excludes halogenated alkanes) is 31. The van der Waals surface area contributed by atoms with Crippen molar-refractivity contribution in [2.75, 3.05) is 13.2 Å². The summed E-state index contributed by atoms with van der Waals surface area (Å²) in [6.07, 6.45) is 39.4. The van der Waals surface area contributed by atoms with Crippen molar-refractivity contribution in [3.8, 4) is 0 Å². The average Bonchev–Trinajstić information content (AvgIpc) is 3.32. The number of aliphatic hydroxyl groups excluding tert-OH is 5. The van der Waals surface area contributed by atoms with E-state index in [0.717, 1.165) is 64.2 Å². The number of esters is 1. The van der Waals surface area contributed by atoms with Gasteiger partial charge in [-0.3, -0.25) is 9.59 Å². The van der Waals surface area contributed by atoms with Gasteiger partial charge in [0.1, 0.15) is 24.4 Å². The number of amides is 1. The SMILES string of the molecule is CCCCCCCCC/C=C\CCCCCC(=O)OC1C(OCC(NC(=O)C(O)CCCCCCCCCCCCCCC)C(O)/C=C/CCCCCCCCCCC)OC(CO)C(O)C1O. The number of aliphatic hydroxyl groups is 5. The maximum atomic E-state index is 13.3. The van der Waals surface area contributed by atoms with Gasteiger partial charge in [-0.2, -0.15) is 0 Å². The zero-order chi connectivity index (χ0) is 49.0. The summed E-state index contributed by atoms with van der Waals surface area (Å²) >= 11 is 0. The molecule has 8 atom stereocenters. The molecule has 0 spiro atoms. The van der Waals surface area contributed by atoms with E-state index < -0.39 is 67.4 Å². The van der Waals surface area contributed by atoms with E-state index in [1.54, 1.807) is 6.08 Å². The number of hydrogen-bond acceptors (Lipinski definition) is 10. The van der Waals surface area contributed by atoms with Crippen molar-refractivity contribution in [1.29, 1.82) is 0 Å². The molecule has 394 valence electrons. The van der Waals surface area contributed by atoms with Gasteiger partial charge in [-0.25, -0.2) is 0 Å². The van der Waals surface area contributed by atoms with E-state index in [9.17, 15) is 35.1 Å². The molecule has 0 aliphatic carbocycles. The molecule has 0 aromatic rings. The van der Waals surface area contributed by atoms with Crippen molar-refractivity contribution < 1.29 is 49.3 Å². The molecule has 1 rings (SSSR count). The summed E-state index contributed by atoms with van der Waals surface area (Å²) < 4.78 is 17.5. The maximum absolute atomic E-state index is 13.3. The van der Waals surface area contributed by atoms with Crippen molar-refractivity contribution in [2.24, 2.45) is 0 Å². The minimum absolute atomic E-state index is 0.107. The van der Waals surface area contributed by atoms with Gasteiger partial charge in [-0.1, -0.05) is 225 Å². The maximum Gasteiger partial charge on any atom is 0.306 e. The third-order valence-electron chi connectivity index (χ3n) is 13.4. The number of rotatable bonds is 47. The van der Waals surface area contributed by atoms with Crippen LogP contribution in [-0.2, 0) is 23.8 Å². The van der Waals surface area contributed by atoms with Gasteiger partial charge in [0.15, 0.2) is 12.4 Å². The van der Waals surface area contributed by atoms with Crippen molar-refractivity contribution >= 4 is 11.9 Å². The van der Waals surface area contributed by atoms with Crippen LogP contribution in [0, 0.1) is 0 Å². The van der Waals surface area contributed by atoms with Gasteiger partial charge in [0, 0.05) is 6.42 Å². The molecule has 11 nitrogen and oxygen atoms in total. The van der Waals surface area contributed by atoms with Crippen molar-refractivity contribution in [3.63, 3.8) is 0 Å². The number of hydrogen-bond donors (Lipinski definition) is 6. The summed E-state index contributed by atoms with van der Waals surface area (Å²) in [5.74, 6) is -1.20. The second-order valence-electron chi connectivity index (χ2n) is 19.7. The van der Waals surface area contributed by atoms with Gasteiger partial charge in [0.05, 0.1) is 25.4 Å². The van der Waals surface area contributed by atoms with Crippen LogP contribution in [0.5, 0.6) is 0 Å². The highest BCUT2D eigenvalue weighted by Gasteiger charge is 2.47. The Kier molecular flexibility index (Phi) is 42.7. The molecule has 1 heterocycles. The van der Waals surface area contributed by atoms with E-state index in [2.05, 4.69) is 38.2 Å². The van der Waals surface area contributed by atoms with Crippen molar-refractivity contribution in [1.82, 2.24) is 5.32 Å². The predicted octanol–water partition coefficient (Wildman–Crippen LogP) is 12.2. The zero-order valence-corrected chi connectivity index (χ0v) is 43.3. The highest BCUT2D eigenvalue weighted by Crippen LogP contribution is 2.26. The van der Waals surface area contributed by atoms with E-state index in [-0.39, 0.29) is 13.0 Å². The first kappa shape index (κ1) is 63.2. The summed E-state index contributed by atoms with van der Waals surface area (Å²) in [5.41, 5.74) is 0. The Balaban J connectivity index is 2.74. The van der Waals surface area contributed by atoms with Crippen molar-refractivity contribution in [2.45, 2.75) is 307 Å². The molecule has 1 aliphatic rings. The third kappa shape index (κ3) is 34.2. The van der Waals surface area contributed by atoms with Gasteiger partial charge < -0.3 is 45.1 Å². The summed E-state index contributed by atoms with van der Waals surface area (Å²) in [5, 5.41) is 56.7. The molecule has 6 N–H and O–H groups in total. The Morgan fingerprint density at radius 3 is 1.45 bits per heavy atom. The number of allylic oxidation sites excluding steroid dienone is 3. The van der Waals surface area contributed by atoms with E-state index >= 15 is 0 Å². The molecule has 0 aromatic carbocycles. The van der Waals surface area contributed by atoms with E-state index in [0.29, 0.717) is 19.3 Å². The molecule has 11 heteroatoms. The van der Waals surface area contributed by atoms with Crippen LogP contribution < -0.4 is 5.32 Å². The molecular formula is C56H105NO10. The summed E-state index contributed by atoms with van der Waals surface area (Å²) in [6.45, 7) is 5.76. The number of carbonyl (C=O) groups excluding carboxylic acids is 2. The molecule has 1 saturated heterocycles. The lowest BCUT2D eigenvalue weighted by Crippen LogP contribution is -2.61. The topological polar surface area (TPSA) is 175 Å². The summed E-state index contributed by atoms with van der Waals surface area (Å²) in [7, 11) is 0. The number of nitrogens with one attached hydrogen (secondary N) is 1. The Bertz CT molecular complexity index is 1180. The Morgan fingerprint density at radius 1 is 0.567 bits per heavy atom. The standard InChI is InChI=1S/C56H105NO10/c1-4-7-10-13-16-19-22-24-26-29-32-35-38-41-44-51(61)67-54-53(63)52(62)50(45-58)66-56(54)65-46-47(48(59)42-39-36-33-30-27-21-18-15-12-9-6-3)57-55(64)49(60)43-40-37-34-31-28-25-23-20-17-14-11-8-5-2/h26,29,39,42,47-50,52-54,56,58-60,62-63H,4-25,27-28,30-38,40-41,43-46H2,1-3H3,(H,57,64)/b29-26-,42-39+. The fraction of sp³-hybridized carbons (Fsp3) is 0.893. The van der Waals surface area contributed by atoms with Crippen LogP contribution in [0.3, 0.4) is 0 Å². The lowest BCUT2D eigenvalue weighted by molar-refractivity contribution is -0.305. The van der Waals surface area contributed by atoms with Crippen LogP contribution in [0.25, 0.3) is 0 Å². The smallest absolute Gasteiger partial charge is 0.306 e. The third-order valence-corrected chi connectivity index (χ3v) is 13.4. The zero-order valence-electron chi connectivity index (χ0n) is 43.3. The monoisotopic (exact) mass is 952 g/mol. The first-order valence-corrected chi connectivity index (χ1v) is 28.1. The molecule has 0 aromatic heterocycles. The number of ether oxygens (including phenoxy) is 3. The van der Waals surface area contributed by atoms with Gasteiger partial charge in [0.25, 0.3) is 0 Å². The second kappa shape index (κ2) is 45.3. The van der Waals surface area contributed by atoms with E-state index in [4.69, 9.17) is 14.2 Å². The second-order valence-corrected chi connectivity index (χ2v) is 19.7. The Morgan fingerprint density at radius 2 is 0.985 bits per heavy atom. The lowest BCUT2D eigenvalue weighted by Gasteiger charge is -2.41. The van der Waals surface area contributed by atoms with Crippen LogP contribution in [0.2, 0.25) is 0 Å². The van der Waals surface area contributed by atoms with E-state index in [1.165, 1.54) is 148 Å². The summed E-state index contributed by atoms with van der Waals surface area (Å²) in [4.78, 5) is 26.4. The van der Waals surface area contributed by atoms with Crippen LogP contribution >= 0.6 is 0 Å². The molecule has 1 fully saturated rings. The highest BCUT2D eigenvalue weighted by molar-refractivity contribution is 5.80. The Labute approximate surface area is 410 Å². The molecule has 0 bridgehead atoms. The van der Waals surface area contributed by atoms with Gasteiger partial charge >= 0.3 is 5.97 Å². The van der Waals surface area contributed by atoms with Crippen LogP contribution in [-0.4, -0.2) is 99.6 Å². The summed E-state index contributed by atoms with van der Waals surface area (Å²) in [6, 6.07) is -1.02. The average molecular weight is 952 g/mol. The molecule has 8 unspecified atom stereocenters. The quantitative estimate of drug-likeness (QED) is 0.0196. The fourth-order valence-corrected chi connectivity index (χ4v) is 8.82. The fourth-order valence-electron chi connectivity index (χ4n) is 8.82. The first-order chi connectivity index (χ1) is 32.7. The minimum Gasteiger partial charge on any atom is -0.454 e. The van der Waals surface area contributed by atoms with Crippen LogP contribution in [0.15, 0.2) is 24.3 Å². The molecule has 1 aliphatic heterocycles. The predicted molar refractivity (Wildman–Crippen MR) is 274 cm³/mol. The highest BCUT2D eigenvalue weighted by atomic mass is 16.7. The molecular weight excluding hydrogens is 847 g/mol. The molecule has 1 amide bonds. The van der Waals surface area contributed by atoms with Gasteiger partial charge in [-0.05, 0) is 51.4 Å². The lowest BCUT2D eigenvalue weighted by atomic mass is 9.99. The number of carbonyl (C=O) groups is 2. The van der Waals surface area contributed by atoms with Gasteiger partial charge in [0.2, 0.25) is 5.91 Å². The van der Waals surface area contributed by atoms with E-state index in [1.807, 2.05) is 6.08 Å². The molecule has 0 radical (unpaired) electrons. The largest absolute Gasteiger partial charge is 0.454 e.